The smallest absolute Gasteiger partial charge is 0.332 e. The van der Waals surface area contributed by atoms with Crippen LogP contribution in [0.2, 0.25) is 0 Å². The van der Waals surface area contributed by atoms with Gasteiger partial charge in [0.15, 0.2) is 11.2 Å². The SMILES string of the molecule is Cn1c(=O)c2c(ncn2CC(=O)N2CCC(c3nnc(-c4ccc(F)cc4)o3)CC2)n(C)c1=O. The highest BCUT2D eigenvalue weighted by Crippen LogP contribution is 2.29. The van der Waals surface area contributed by atoms with E-state index in [4.69, 9.17) is 4.42 Å². The van der Waals surface area contributed by atoms with Crippen LogP contribution in [0.5, 0.6) is 0 Å². The van der Waals surface area contributed by atoms with Gasteiger partial charge < -0.3 is 13.9 Å². The highest BCUT2D eigenvalue weighted by Gasteiger charge is 2.28. The number of piperidine rings is 1. The van der Waals surface area contributed by atoms with Crippen molar-refractivity contribution in [2.24, 2.45) is 14.1 Å². The van der Waals surface area contributed by atoms with Crippen LogP contribution in [0.25, 0.3) is 22.6 Å². The first-order valence-corrected chi connectivity index (χ1v) is 10.8. The molecule has 1 aliphatic rings. The molecule has 4 heterocycles. The van der Waals surface area contributed by atoms with Crippen molar-refractivity contribution in [2.45, 2.75) is 25.3 Å². The summed E-state index contributed by atoms with van der Waals surface area (Å²) in [5.74, 6) is 0.356. The Morgan fingerprint density at radius 1 is 1.09 bits per heavy atom. The normalized spacial score (nSPS) is 14.7. The number of aromatic nitrogens is 6. The van der Waals surface area contributed by atoms with Crippen LogP contribution >= 0.6 is 0 Å². The molecule has 0 radical (unpaired) electrons. The molecule has 0 unspecified atom stereocenters. The van der Waals surface area contributed by atoms with E-state index in [0.717, 1.165) is 4.57 Å². The Kier molecular flexibility index (Phi) is 5.34. The molecule has 1 aliphatic heterocycles. The average molecular weight is 467 g/mol. The van der Waals surface area contributed by atoms with Crippen molar-refractivity contribution in [1.82, 2.24) is 33.8 Å². The van der Waals surface area contributed by atoms with E-state index in [1.54, 1.807) is 17.0 Å². The van der Waals surface area contributed by atoms with Crippen molar-refractivity contribution < 1.29 is 13.6 Å². The number of halogens is 1. The summed E-state index contributed by atoms with van der Waals surface area (Å²) < 4.78 is 22.7. The van der Waals surface area contributed by atoms with Crippen LogP contribution in [0.4, 0.5) is 4.39 Å². The molecule has 4 aromatic rings. The standard InChI is InChI=1S/C22H22FN7O4/c1-27-18-17(21(32)28(2)22(27)33)30(12-24-18)11-16(31)29-9-7-14(8-10-29)20-26-25-19(34-20)13-3-5-15(23)6-4-13/h3-6,12,14H,7-11H2,1-2H3. The molecule has 5 rings (SSSR count). The van der Waals surface area contributed by atoms with Gasteiger partial charge in [-0.05, 0) is 37.1 Å². The van der Waals surface area contributed by atoms with Gasteiger partial charge >= 0.3 is 5.69 Å². The number of amides is 1. The summed E-state index contributed by atoms with van der Waals surface area (Å²) in [5.41, 5.74) is 0.138. The van der Waals surface area contributed by atoms with Gasteiger partial charge in [-0.25, -0.2) is 14.2 Å². The Labute approximate surface area is 192 Å². The van der Waals surface area contributed by atoms with E-state index in [-0.39, 0.29) is 35.4 Å². The first-order chi connectivity index (χ1) is 16.3. The van der Waals surface area contributed by atoms with Gasteiger partial charge in [0.1, 0.15) is 12.4 Å². The molecule has 1 aromatic carbocycles. The maximum Gasteiger partial charge on any atom is 0.332 e. The van der Waals surface area contributed by atoms with E-state index >= 15 is 0 Å². The van der Waals surface area contributed by atoms with E-state index in [9.17, 15) is 18.8 Å². The van der Waals surface area contributed by atoms with Crippen LogP contribution in [-0.2, 0) is 25.4 Å². The lowest BCUT2D eigenvalue weighted by molar-refractivity contribution is -0.132. The summed E-state index contributed by atoms with van der Waals surface area (Å²) in [4.78, 5) is 43.5. The van der Waals surface area contributed by atoms with E-state index < -0.39 is 11.2 Å². The Bertz CT molecular complexity index is 1490. The Morgan fingerprint density at radius 3 is 2.50 bits per heavy atom. The third-order valence-corrected chi connectivity index (χ3v) is 6.25. The van der Waals surface area contributed by atoms with Gasteiger partial charge in [0.2, 0.25) is 17.7 Å². The van der Waals surface area contributed by atoms with Gasteiger partial charge in [0.05, 0.1) is 6.33 Å². The molecular formula is C22H22FN7O4. The molecular weight excluding hydrogens is 445 g/mol. The quantitative estimate of drug-likeness (QED) is 0.439. The third-order valence-electron chi connectivity index (χ3n) is 6.25. The minimum absolute atomic E-state index is 0.0154. The number of benzene rings is 1. The topological polar surface area (TPSA) is 121 Å². The molecule has 1 amide bonds. The highest BCUT2D eigenvalue weighted by atomic mass is 19.1. The second-order valence-corrected chi connectivity index (χ2v) is 8.36. The minimum Gasteiger partial charge on any atom is -0.420 e. The van der Waals surface area contributed by atoms with Crippen LogP contribution in [-0.4, -0.2) is 52.8 Å². The summed E-state index contributed by atoms with van der Waals surface area (Å²) in [6.45, 7) is 0.950. The maximum absolute atomic E-state index is 13.1. The predicted molar refractivity (Wildman–Crippen MR) is 118 cm³/mol. The van der Waals surface area contributed by atoms with Gasteiger partial charge in [-0.3, -0.25) is 18.7 Å². The van der Waals surface area contributed by atoms with Crippen LogP contribution in [0.15, 0.2) is 44.6 Å². The first kappa shape index (κ1) is 21.7. The number of fused-ring (bicyclic) bond motifs is 1. The van der Waals surface area contributed by atoms with Crippen LogP contribution in [0.1, 0.15) is 24.7 Å². The summed E-state index contributed by atoms with van der Waals surface area (Å²) in [6.07, 6.45) is 2.71. The molecule has 0 N–H and O–H groups in total. The lowest BCUT2D eigenvalue weighted by Crippen LogP contribution is -2.41. The Balaban J connectivity index is 1.26. The van der Waals surface area contributed by atoms with Crippen molar-refractivity contribution >= 4 is 17.1 Å². The van der Waals surface area contributed by atoms with Gasteiger partial charge in [0, 0.05) is 38.7 Å². The number of hydrogen-bond acceptors (Lipinski definition) is 7. The number of rotatable bonds is 4. The number of aryl methyl sites for hydroxylation is 1. The van der Waals surface area contributed by atoms with Crippen molar-refractivity contribution in [3.8, 4) is 11.5 Å². The molecule has 12 heteroatoms. The summed E-state index contributed by atoms with van der Waals surface area (Å²) in [7, 11) is 2.93. The lowest BCUT2D eigenvalue weighted by Gasteiger charge is -2.30. The minimum atomic E-state index is -0.490. The van der Waals surface area contributed by atoms with E-state index in [1.807, 2.05) is 0 Å². The largest absolute Gasteiger partial charge is 0.420 e. The predicted octanol–water partition coefficient (Wildman–Crippen LogP) is 1.03. The molecule has 0 spiro atoms. The molecule has 34 heavy (non-hydrogen) atoms. The number of likely N-dealkylation sites (tertiary alicyclic amines) is 1. The first-order valence-electron chi connectivity index (χ1n) is 10.8. The van der Waals surface area contributed by atoms with Crippen molar-refractivity contribution in [3.63, 3.8) is 0 Å². The highest BCUT2D eigenvalue weighted by molar-refractivity contribution is 5.79. The molecule has 0 saturated carbocycles. The fourth-order valence-electron chi connectivity index (χ4n) is 4.25. The van der Waals surface area contributed by atoms with Crippen molar-refractivity contribution in [1.29, 1.82) is 0 Å². The second-order valence-electron chi connectivity index (χ2n) is 8.36. The third kappa shape index (κ3) is 3.70. The van der Waals surface area contributed by atoms with E-state index in [0.29, 0.717) is 43.3 Å². The summed E-state index contributed by atoms with van der Waals surface area (Å²) in [6, 6.07) is 5.84. The van der Waals surface area contributed by atoms with Gasteiger partial charge in [-0.15, -0.1) is 10.2 Å². The number of hydrogen-bond donors (Lipinski definition) is 0. The summed E-state index contributed by atoms with van der Waals surface area (Å²) >= 11 is 0. The second kappa shape index (κ2) is 8.36. The number of nitrogens with zero attached hydrogens (tertiary/aromatic N) is 7. The van der Waals surface area contributed by atoms with Gasteiger partial charge in [0.25, 0.3) is 5.56 Å². The Hall–Kier alpha value is -4.09. The van der Waals surface area contributed by atoms with E-state index in [2.05, 4.69) is 15.2 Å². The van der Waals surface area contributed by atoms with Gasteiger partial charge in [-0.1, -0.05) is 0 Å². The van der Waals surface area contributed by atoms with Crippen molar-refractivity contribution in [3.05, 3.63) is 63.1 Å². The monoisotopic (exact) mass is 467 g/mol. The zero-order chi connectivity index (χ0) is 24.0. The number of imidazole rings is 1. The molecule has 1 saturated heterocycles. The molecule has 0 bridgehead atoms. The van der Waals surface area contributed by atoms with Crippen LogP contribution < -0.4 is 11.2 Å². The molecule has 11 nitrogen and oxygen atoms in total. The Morgan fingerprint density at radius 2 is 1.79 bits per heavy atom. The lowest BCUT2D eigenvalue weighted by atomic mass is 9.97. The molecule has 1 fully saturated rings. The molecule has 3 aromatic heterocycles. The fourth-order valence-corrected chi connectivity index (χ4v) is 4.25. The molecule has 176 valence electrons. The van der Waals surface area contributed by atoms with E-state index in [1.165, 1.54) is 41.7 Å². The number of carbonyl (C=O) groups excluding carboxylic acids is 1. The average Bonchev–Trinajstić information content (AvgIpc) is 3.50. The van der Waals surface area contributed by atoms with Gasteiger partial charge in [-0.2, -0.15) is 0 Å². The molecule has 0 atom stereocenters. The summed E-state index contributed by atoms with van der Waals surface area (Å²) in [5, 5.41) is 8.21. The van der Waals surface area contributed by atoms with Crippen LogP contribution in [0, 0.1) is 5.82 Å². The molecule has 0 aliphatic carbocycles. The maximum atomic E-state index is 13.1. The van der Waals surface area contributed by atoms with Crippen LogP contribution in [0.3, 0.4) is 0 Å². The van der Waals surface area contributed by atoms with Crippen molar-refractivity contribution in [2.75, 3.05) is 13.1 Å². The zero-order valence-corrected chi connectivity index (χ0v) is 18.6. The fraction of sp³-hybridized carbons (Fsp3) is 0.364. The zero-order valence-electron chi connectivity index (χ0n) is 18.6. The number of carbonyl (C=O) groups is 1.